The number of piperazine rings is 1. The van der Waals surface area contributed by atoms with Crippen LogP contribution >= 0.6 is 0 Å². The standard InChI is InChI=1S/C19H29FN4/c1-15(2)19(24-12-10-22(3)11-13-24)16-5-8-23(9-6-16)18-4-7-21-14-17(18)20/h4,7,14,16H,5-6,8-13H2,1-3H3. The first kappa shape index (κ1) is 17.2. The fraction of sp³-hybridized carbons (Fsp3) is 0.632. The number of piperidine rings is 1. The topological polar surface area (TPSA) is 22.6 Å². The van der Waals surface area contributed by atoms with E-state index in [-0.39, 0.29) is 5.82 Å². The van der Waals surface area contributed by atoms with Gasteiger partial charge in [-0.25, -0.2) is 4.39 Å². The maximum absolute atomic E-state index is 14.0. The molecule has 0 bridgehead atoms. The third-order valence-electron chi connectivity index (χ3n) is 5.33. The first-order valence-corrected chi connectivity index (χ1v) is 9.01. The maximum Gasteiger partial charge on any atom is 0.164 e. The van der Waals surface area contributed by atoms with Gasteiger partial charge in [-0.15, -0.1) is 0 Å². The van der Waals surface area contributed by atoms with E-state index in [1.54, 1.807) is 12.3 Å². The van der Waals surface area contributed by atoms with E-state index in [0.29, 0.717) is 11.6 Å². The highest BCUT2D eigenvalue weighted by atomic mass is 19.1. The van der Waals surface area contributed by atoms with Gasteiger partial charge in [-0.1, -0.05) is 5.57 Å². The van der Waals surface area contributed by atoms with Gasteiger partial charge >= 0.3 is 0 Å². The van der Waals surface area contributed by atoms with Crippen molar-refractivity contribution in [3.05, 3.63) is 35.5 Å². The van der Waals surface area contributed by atoms with Gasteiger partial charge in [-0.05, 0) is 39.8 Å². The van der Waals surface area contributed by atoms with Crippen molar-refractivity contribution in [2.75, 3.05) is 51.2 Å². The summed E-state index contributed by atoms with van der Waals surface area (Å²) in [6.07, 6.45) is 5.17. The molecule has 0 radical (unpaired) electrons. The van der Waals surface area contributed by atoms with Gasteiger partial charge in [-0.3, -0.25) is 4.98 Å². The van der Waals surface area contributed by atoms with E-state index in [2.05, 4.69) is 40.6 Å². The molecule has 0 aliphatic carbocycles. The first-order valence-electron chi connectivity index (χ1n) is 9.01. The largest absolute Gasteiger partial charge is 0.372 e. The molecule has 4 nitrogen and oxygen atoms in total. The van der Waals surface area contributed by atoms with E-state index in [1.807, 2.05) is 0 Å². The highest BCUT2D eigenvalue weighted by Gasteiger charge is 2.28. The molecule has 1 aromatic heterocycles. The molecule has 2 fully saturated rings. The van der Waals surface area contributed by atoms with Crippen molar-refractivity contribution < 1.29 is 4.39 Å². The second kappa shape index (κ2) is 7.51. The van der Waals surface area contributed by atoms with Crippen molar-refractivity contribution in [2.24, 2.45) is 5.92 Å². The molecule has 0 N–H and O–H groups in total. The van der Waals surface area contributed by atoms with Crippen LogP contribution < -0.4 is 4.90 Å². The van der Waals surface area contributed by atoms with E-state index in [4.69, 9.17) is 0 Å². The molecule has 2 aliphatic rings. The van der Waals surface area contributed by atoms with Crippen LogP contribution in [0.3, 0.4) is 0 Å². The average Bonchev–Trinajstić information content (AvgIpc) is 2.58. The number of likely N-dealkylation sites (N-methyl/N-ethyl adjacent to an activating group) is 1. The Morgan fingerprint density at radius 2 is 1.75 bits per heavy atom. The third kappa shape index (κ3) is 3.72. The molecule has 3 rings (SSSR count). The smallest absolute Gasteiger partial charge is 0.164 e. The monoisotopic (exact) mass is 332 g/mol. The van der Waals surface area contributed by atoms with E-state index in [9.17, 15) is 4.39 Å². The van der Waals surface area contributed by atoms with Crippen molar-refractivity contribution in [1.82, 2.24) is 14.8 Å². The predicted octanol–water partition coefficient (Wildman–Crippen LogP) is 2.98. The Morgan fingerprint density at radius 3 is 2.33 bits per heavy atom. The van der Waals surface area contributed by atoms with Gasteiger partial charge in [0, 0.05) is 57.1 Å². The van der Waals surface area contributed by atoms with Crippen LogP contribution in [0.4, 0.5) is 10.1 Å². The number of aromatic nitrogens is 1. The molecule has 0 spiro atoms. The Labute approximate surface area is 145 Å². The number of hydrogen-bond donors (Lipinski definition) is 0. The minimum absolute atomic E-state index is 0.211. The number of rotatable bonds is 3. The van der Waals surface area contributed by atoms with Crippen LogP contribution in [0, 0.1) is 11.7 Å². The van der Waals surface area contributed by atoms with Crippen LogP contribution in [0.2, 0.25) is 0 Å². The van der Waals surface area contributed by atoms with Crippen LogP contribution in [0.5, 0.6) is 0 Å². The normalized spacial score (nSPS) is 20.3. The molecule has 5 heteroatoms. The molecule has 1 aromatic rings. The van der Waals surface area contributed by atoms with Crippen LogP contribution in [0.15, 0.2) is 29.7 Å². The van der Waals surface area contributed by atoms with Gasteiger partial charge in [0.15, 0.2) is 5.82 Å². The lowest BCUT2D eigenvalue weighted by atomic mass is 9.89. The molecule has 0 atom stereocenters. The van der Waals surface area contributed by atoms with E-state index in [0.717, 1.165) is 52.1 Å². The summed E-state index contributed by atoms with van der Waals surface area (Å²) in [4.78, 5) is 11.0. The van der Waals surface area contributed by atoms with E-state index in [1.165, 1.54) is 17.5 Å². The predicted molar refractivity (Wildman–Crippen MR) is 96.6 cm³/mol. The minimum Gasteiger partial charge on any atom is -0.372 e. The van der Waals surface area contributed by atoms with Crippen molar-refractivity contribution in [3.63, 3.8) is 0 Å². The maximum atomic E-state index is 14.0. The molecule has 2 saturated heterocycles. The number of pyridine rings is 1. The molecule has 3 heterocycles. The summed E-state index contributed by atoms with van der Waals surface area (Å²) in [5, 5.41) is 0. The lowest BCUT2D eigenvalue weighted by Gasteiger charge is -2.42. The Balaban J connectivity index is 1.66. The van der Waals surface area contributed by atoms with Crippen molar-refractivity contribution in [2.45, 2.75) is 26.7 Å². The molecule has 2 aliphatic heterocycles. The lowest BCUT2D eigenvalue weighted by Crippen LogP contribution is -2.46. The molecule has 0 unspecified atom stereocenters. The summed E-state index contributed by atoms with van der Waals surface area (Å²) in [5.74, 6) is 0.386. The van der Waals surface area contributed by atoms with Crippen LogP contribution in [0.1, 0.15) is 26.7 Å². The number of allylic oxidation sites excluding steroid dienone is 2. The zero-order valence-electron chi connectivity index (χ0n) is 15.1. The quantitative estimate of drug-likeness (QED) is 0.849. The highest BCUT2D eigenvalue weighted by Crippen LogP contribution is 2.32. The van der Waals surface area contributed by atoms with E-state index >= 15 is 0 Å². The number of nitrogens with zero attached hydrogens (tertiary/aromatic N) is 4. The van der Waals surface area contributed by atoms with Crippen LogP contribution in [0.25, 0.3) is 0 Å². The number of anilines is 1. The summed E-state index contributed by atoms with van der Waals surface area (Å²) in [6, 6.07) is 1.79. The molecular formula is C19H29FN4. The van der Waals surface area contributed by atoms with Gasteiger partial charge in [0.1, 0.15) is 0 Å². The molecule has 24 heavy (non-hydrogen) atoms. The van der Waals surface area contributed by atoms with Gasteiger partial charge in [0.05, 0.1) is 11.9 Å². The fourth-order valence-electron chi connectivity index (χ4n) is 4.05. The minimum atomic E-state index is -0.211. The van der Waals surface area contributed by atoms with Gasteiger partial charge < -0.3 is 14.7 Å². The second-order valence-corrected chi connectivity index (χ2v) is 7.26. The zero-order valence-corrected chi connectivity index (χ0v) is 15.1. The number of hydrogen-bond acceptors (Lipinski definition) is 4. The molecule has 0 aromatic carbocycles. The summed E-state index contributed by atoms with van der Waals surface area (Å²) < 4.78 is 14.0. The molecule has 0 saturated carbocycles. The fourth-order valence-corrected chi connectivity index (χ4v) is 4.05. The molecule has 0 amide bonds. The van der Waals surface area contributed by atoms with Gasteiger partial charge in [0.2, 0.25) is 0 Å². The van der Waals surface area contributed by atoms with Crippen LogP contribution in [-0.4, -0.2) is 61.1 Å². The summed E-state index contributed by atoms with van der Waals surface area (Å²) in [7, 11) is 2.20. The lowest BCUT2D eigenvalue weighted by molar-refractivity contribution is 0.166. The average molecular weight is 332 g/mol. The molecule has 132 valence electrons. The number of halogens is 1. The van der Waals surface area contributed by atoms with Crippen LogP contribution in [-0.2, 0) is 0 Å². The summed E-state index contributed by atoms with van der Waals surface area (Å²) >= 11 is 0. The van der Waals surface area contributed by atoms with Crippen molar-refractivity contribution in [3.8, 4) is 0 Å². The van der Waals surface area contributed by atoms with Crippen molar-refractivity contribution in [1.29, 1.82) is 0 Å². The Kier molecular flexibility index (Phi) is 5.39. The summed E-state index contributed by atoms with van der Waals surface area (Å²) in [5.41, 5.74) is 3.67. The third-order valence-corrected chi connectivity index (χ3v) is 5.33. The Hall–Kier alpha value is -1.62. The SMILES string of the molecule is CC(C)=C(C1CCN(c2ccncc2F)CC1)N1CCN(C)CC1. The Bertz CT molecular complexity index is 581. The van der Waals surface area contributed by atoms with E-state index < -0.39 is 0 Å². The highest BCUT2D eigenvalue weighted by molar-refractivity contribution is 5.46. The summed E-state index contributed by atoms with van der Waals surface area (Å²) in [6.45, 7) is 10.8. The Morgan fingerprint density at radius 1 is 1.08 bits per heavy atom. The van der Waals surface area contributed by atoms with Gasteiger partial charge in [0.25, 0.3) is 0 Å². The second-order valence-electron chi connectivity index (χ2n) is 7.26. The van der Waals surface area contributed by atoms with Crippen molar-refractivity contribution >= 4 is 5.69 Å². The van der Waals surface area contributed by atoms with Gasteiger partial charge in [-0.2, -0.15) is 0 Å². The first-order chi connectivity index (χ1) is 11.6. The zero-order chi connectivity index (χ0) is 17.1. The molecular weight excluding hydrogens is 303 g/mol.